The van der Waals surface area contributed by atoms with Gasteiger partial charge in [-0.15, -0.1) is 0 Å². The second-order valence-electron chi connectivity index (χ2n) is 3.02. The van der Waals surface area contributed by atoms with E-state index in [0.717, 1.165) is 6.42 Å². The molecular weight excluding hydrogens is 128 g/mol. The zero-order valence-electron chi connectivity index (χ0n) is 7.04. The summed E-state index contributed by atoms with van der Waals surface area (Å²) >= 11 is 0. The van der Waals surface area contributed by atoms with Gasteiger partial charge < -0.3 is 10.2 Å². The number of rotatable bonds is 4. The van der Waals surface area contributed by atoms with Gasteiger partial charge in [-0.3, -0.25) is 0 Å². The fourth-order valence-electron chi connectivity index (χ4n) is 0.793. The molecule has 2 nitrogen and oxygen atoms in total. The minimum atomic E-state index is -0.304. The van der Waals surface area contributed by atoms with Crippen LogP contribution >= 0.6 is 0 Å². The minimum absolute atomic E-state index is 0.204. The molecule has 10 heavy (non-hydrogen) atoms. The lowest BCUT2D eigenvalue weighted by Gasteiger charge is -2.17. The molecule has 0 heterocycles. The average molecular weight is 146 g/mol. The first kappa shape index (κ1) is 9.92. The first-order chi connectivity index (χ1) is 4.57. The van der Waals surface area contributed by atoms with Gasteiger partial charge in [0, 0.05) is 0 Å². The van der Waals surface area contributed by atoms with Crippen molar-refractivity contribution in [1.82, 2.24) is 0 Å². The zero-order chi connectivity index (χ0) is 8.15. The van der Waals surface area contributed by atoms with Gasteiger partial charge in [0.1, 0.15) is 0 Å². The Labute approximate surface area is 62.9 Å². The quantitative estimate of drug-likeness (QED) is 0.625. The molecule has 62 valence electrons. The third kappa shape index (κ3) is 3.85. The van der Waals surface area contributed by atoms with Crippen LogP contribution in [0.2, 0.25) is 0 Å². The fourth-order valence-corrected chi connectivity index (χ4v) is 0.793. The van der Waals surface area contributed by atoms with Gasteiger partial charge >= 0.3 is 0 Å². The van der Waals surface area contributed by atoms with E-state index in [0.29, 0.717) is 6.42 Å². The van der Waals surface area contributed by atoms with Crippen LogP contribution in [0.25, 0.3) is 0 Å². The number of aliphatic hydroxyl groups excluding tert-OH is 2. The molecule has 2 N–H and O–H groups in total. The Bertz CT molecular complexity index is 81.3. The highest BCUT2D eigenvalue weighted by molar-refractivity contribution is 4.63. The Hall–Kier alpha value is -0.0800. The topological polar surface area (TPSA) is 40.5 Å². The van der Waals surface area contributed by atoms with E-state index in [1.807, 2.05) is 13.8 Å². The van der Waals surface area contributed by atoms with E-state index in [9.17, 15) is 0 Å². The molecule has 0 rings (SSSR count). The number of hydrogen-bond donors (Lipinski definition) is 2. The van der Waals surface area contributed by atoms with E-state index < -0.39 is 0 Å². The molecule has 0 radical (unpaired) electrons. The molecule has 0 bridgehead atoms. The molecule has 0 amide bonds. The SMILES string of the molecule is CCC(O)CC(C)C(C)O. The summed E-state index contributed by atoms with van der Waals surface area (Å²) in [6.07, 6.45) is 0.927. The van der Waals surface area contributed by atoms with Crippen LogP contribution in [-0.2, 0) is 0 Å². The van der Waals surface area contributed by atoms with Gasteiger partial charge in [0.25, 0.3) is 0 Å². The van der Waals surface area contributed by atoms with Gasteiger partial charge in [0.05, 0.1) is 12.2 Å². The van der Waals surface area contributed by atoms with Crippen LogP contribution < -0.4 is 0 Å². The summed E-state index contributed by atoms with van der Waals surface area (Å²) in [5.41, 5.74) is 0. The standard InChI is InChI=1S/C8H18O2/c1-4-8(10)5-6(2)7(3)9/h6-10H,4-5H2,1-3H3. The highest BCUT2D eigenvalue weighted by atomic mass is 16.3. The van der Waals surface area contributed by atoms with Crippen LogP contribution in [-0.4, -0.2) is 22.4 Å². The van der Waals surface area contributed by atoms with Gasteiger partial charge in [-0.2, -0.15) is 0 Å². The Morgan fingerprint density at radius 2 is 1.70 bits per heavy atom. The van der Waals surface area contributed by atoms with Crippen molar-refractivity contribution in [3.63, 3.8) is 0 Å². The minimum Gasteiger partial charge on any atom is -0.393 e. The van der Waals surface area contributed by atoms with Crippen molar-refractivity contribution < 1.29 is 10.2 Å². The molecule has 3 unspecified atom stereocenters. The first-order valence-electron chi connectivity index (χ1n) is 3.94. The van der Waals surface area contributed by atoms with Crippen molar-refractivity contribution in [3.05, 3.63) is 0 Å². The highest BCUT2D eigenvalue weighted by Gasteiger charge is 2.12. The van der Waals surface area contributed by atoms with Crippen LogP contribution in [0.1, 0.15) is 33.6 Å². The zero-order valence-corrected chi connectivity index (χ0v) is 7.04. The third-order valence-electron chi connectivity index (χ3n) is 1.94. The van der Waals surface area contributed by atoms with E-state index in [1.165, 1.54) is 0 Å². The van der Waals surface area contributed by atoms with Crippen molar-refractivity contribution >= 4 is 0 Å². The fraction of sp³-hybridized carbons (Fsp3) is 1.00. The van der Waals surface area contributed by atoms with Gasteiger partial charge in [-0.1, -0.05) is 13.8 Å². The summed E-state index contributed by atoms with van der Waals surface area (Å²) in [4.78, 5) is 0. The van der Waals surface area contributed by atoms with E-state index in [-0.39, 0.29) is 18.1 Å². The smallest absolute Gasteiger partial charge is 0.0541 e. The normalized spacial score (nSPS) is 20.1. The van der Waals surface area contributed by atoms with Crippen molar-refractivity contribution in [2.45, 2.75) is 45.8 Å². The van der Waals surface area contributed by atoms with Crippen LogP contribution in [0.5, 0.6) is 0 Å². The molecule has 0 spiro atoms. The molecule has 0 aliphatic carbocycles. The summed E-state index contributed by atoms with van der Waals surface area (Å²) in [5.74, 6) is 0.204. The Balaban J connectivity index is 3.46. The average Bonchev–Trinajstić information content (AvgIpc) is 1.87. The maximum Gasteiger partial charge on any atom is 0.0541 e. The third-order valence-corrected chi connectivity index (χ3v) is 1.94. The van der Waals surface area contributed by atoms with Crippen LogP contribution in [0.15, 0.2) is 0 Å². The van der Waals surface area contributed by atoms with E-state index in [1.54, 1.807) is 6.92 Å². The van der Waals surface area contributed by atoms with Crippen molar-refractivity contribution in [2.24, 2.45) is 5.92 Å². The Morgan fingerprint density at radius 1 is 1.20 bits per heavy atom. The summed E-state index contributed by atoms with van der Waals surface area (Å²) < 4.78 is 0. The molecular formula is C8H18O2. The highest BCUT2D eigenvalue weighted by Crippen LogP contribution is 2.11. The molecule has 0 saturated heterocycles. The lowest BCUT2D eigenvalue weighted by Crippen LogP contribution is -2.19. The molecule has 0 aromatic rings. The second-order valence-corrected chi connectivity index (χ2v) is 3.02. The first-order valence-corrected chi connectivity index (χ1v) is 3.94. The molecule has 0 aromatic carbocycles. The van der Waals surface area contributed by atoms with Gasteiger partial charge in [-0.05, 0) is 25.7 Å². The second kappa shape index (κ2) is 4.69. The Kier molecular flexibility index (Phi) is 4.65. The maximum atomic E-state index is 9.17. The van der Waals surface area contributed by atoms with Gasteiger partial charge in [-0.25, -0.2) is 0 Å². The predicted molar refractivity (Wildman–Crippen MR) is 41.8 cm³/mol. The number of aliphatic hydroxyl groups is 2. The monoisotopic (exact) mass is 146 g/mol. The number of hydrogen-bond acceptors (Lipinski definition) is 2. The molecule has 0 fully saturated rings. The molecule has 3 atom stereocenters. The maximum absolute atomic E-state index is 9.17. The van der Waals surface area contributed by atoms with Crippen LogP contribution in [0.3, 0.4) is 0 Å². The lowest BCUT2D eigenvalue weighted by atomic mass is 9.98. The van der Waals surface area contributed by atoms with E-state index in [4.69, 9.17) is 10.2 Å². The molecule has 0 aromatic heterocycles. The van der Waals surface area contributed by atoms with Gasteiger partial charge in [0.15, 0.2) is 0 Å². The summed E-state index contributed by atoms with van der Waals surface area (Å²) in [5, 5.41) is 18.2. The summed E-state index contributed by atoms with van der Waals surface area (Å²) in [6, 6.07) is 0. The van der Waals surface area contributed by atoms with Crippen LogP contribution in [0, 0.1) is 5.92 Å². The largest absolute Gasteiger partial charge is 0.393 e. The Morgan fingerprint density at radius 3 is 2.00 bits per heavy atom. The van der Waals surface area contributed by atoms with Gasteiger partial charge in [0.2, 0.25) is 0 Å². The summed E-state index contributed by atoms with van der Waals surface area (Å²) in [6.45, 7) is 5.65. The molecule has 0 aliphatic heterocycles. The lowest BCUT2D eigenvalue weighted by molar-refractivity contribution is 0.0783. The summed E-state index contributed by atoms with van der Waals surface area (Å²) in [7, 11) is 0. The van der Waals surface area contributed by atoms with Crippen molar-refractivity contribution in [1.29, 1.82) is 0 Å². The van der Waals surface area contributed by atoms with E-state index in [2.05, 4.69) is 0 Å². The molecule has 0 saturated carbocycles. The molecule has 2 heteroatoms. The van der Waals surface area contributed by atoms with Crippen molar-refractivity contribution in [3.8, 4) is 0 Å². The predicted octanol–water partition coefficient (Wildman–Crippen LogP) is 1.16. The van der Waals surface area contributed by atoms with E-state index >= 15 is 0 Å². The van der Waals surface area contributed by atoms with Crippen LogP contribution in [0.4, 0.5) is 0 Å². The van der Waals surface area contributed by atoms with Crippen molar-refractivity contribution in [2.75, 3.05) is 0 Å². The molecule has 0 aliphatic rings.